The Morgan fingerprint density at radius 1 is 1.50 bits per heavy atom. The van der Waals surface area contributed by atoms with Crippen molar-refractivity contribution in [2.24, 2.45) is 5.92 Å². The van der Waals surface area contributed by atoms with Crippen LogP contribution in [-0.2, 0) is 11.3 Å². The topological polar surface area (TPSA) is 32.3 Å². The van der Waals surface area contributed by atoms with Crippen LogP contribution in [0.5, 0.6) is 0 Å². The summed E-state index contributed by atoms with van der Waals surface area (Å²) in [4.78, 5) is 14.3. The molecule has 0 aliphatic carbocycles. The van der Waals surface area contributed by atoms with Crippen molar-refractivity contribution in [2.75, 3.05) is 19.6 Å². The molecule has 1 aliphatic rings. The van der Waals surface area contributed by atoms with Crippen molar-refractivity contribution in [3.05, 3.63) is 34.3 Å². The van der Waals surface area contributed by atoms with Gasteiger partial charge in [0.05, 0.1) is 0 Å². The Morgan fingerprint density at radius 3 is 3.00 bits per heavy atom. The Labute approximate surface area is 129 Å². The maximum Gasteiger partial charge on any atom is 0.222 e. The molecule has 1 heterocycles. The standard InChI is InChI=1S/C16H23BrN2O/c1-2-19(12-14-4-3-5-15(17)10-14)16(20)7-6-13-8-9-18-11-13/h3-5,10,13,18H,2,6-9,11-12H2,1H3. The molecule has 1 saturated heterocycles. The molecule has 0 radical (unpaired) electrons. The second-order valence-electron chi connectivity index (χ2n) is 5.44. The number of benzene rings is 1. The molecule has 0 spiro atoms. The second-order valence-corrected chi connectivity index (χ2v) is 6.35. The lowest BCUT2D eigenvalue weighted by Gasteiger charge is -2.22. The fourth-order valence-electron chi connectivity index (χ4n) is 2.68. The van der Waals surface area contributed by atoms with Crippen molar-refractivity contribution >= 4 is 21.8 Å². The molecule has 0 bridgehead atoms. The molecule has 4 heteroatoms. The normalized spacial score (nSPS) is 18.2. The van der Waals surface area contributed by atoms with E-state index in [0.717, 1.165) is 30.5 Å². The number of hydrogen-bond donors (Lipinski definition) is 1. The summed E-state index contributed by atoms with van der Waals surface area (Å²) in [6.07, 6.45) is 2.90. The third kappa shape index (κ3) is 4.60. The molecule has 3 nitrogen and oxygen atoms in total. The van der Waals surface area contributed by atoms with E-state index in [1.54, 1.807) is 0 Å². The molecule has 1 fully saturated rings. The van der Waals surface area contributed by atoms with Crippen molar-refractivity contribution in [1.82, 2.24) is 10.2 Å². The van der Waals surface area contributed by atoms with E-state index in [4.69, 9.17) is 0 Å². The maximum absolute atomic E-state index is 12.3. The highest BCUT2D eigenvalue weighted by molar-refractivity contribution is 9.10. The molecular weight excluding hydrogens is 316 g/mol. The first-order chi connectivity index (χ1) is 9.69. The van der Waals surface area contributed by atoms with Gasteiger partial charge >= 0.3 is 0 Å². The summed E-state index contributed by atoms with van der Waals surface area (Å²) in [7, 11) is 0. The second kappa shape index (κ2) is 7.79. The molecule has 1 aromatic rings. The van der Waals surface area contributed by atoms with Crippen molar-refractivity contribution < 1.29 is 4.79 Å². The van der Waals surface area contributed by atoms with E-state index in [9.17, 15) is 4.79 Å². The van der Waals surface area contributed by atoms with Crippen molar-refractivity contribution in [3.8, 4) is 0 Å². The van der Waals surface area contributed by atoms with Crippen LogP contribution in [0.1, 0.15) is 31.7 Å². The largest absolute Gasteiger partial charge is 0.339 e. The number of hydrogen-bond acceptors (Lipinski definition) is 2. The molecular formula is C16H23BrN2O. The molecule has 1 aliphatic heterocycles. The highest BCUT2D eigenvalue weighted by Crippen LogP contribution is 2.17. The van der Waals surface area contributed by atoms with Crippen LogP contribution in [0.25, 0.3) is 0 Å². The quantitative estimate of drug-likeness (QED) is 0.863. The fourth-order valence-corrected chi connectivity index (χ4v) is 3.13. The van der Waals surface area contributed by atoms with Gasteiger partial charge in [0.2, 0.25) is 5.91 Å². The van der Waals surface area contributed by atoms with Crippen LogP contribution in [-0.4, -0.2) is 30.4 Å². The van der Waals surface area contributed by atoms with Gasteiger partial charge in [-0.1, -0.05) is 28.1 Å². The number of carbonyl (C=O) groups excluding carboxylic acids is 1. The monoisotopic (exact) mass is 338 g/mol. The number of amides is 1. The van der Waals surface area contributed by atoms with Gasteiger partial charge in [-0.3, -0.25) is 4.79 Å². The average Bonchev–Trinajstić information content (AvgIpc) is 2.95. The van der Waals surface area contributed by atoms with Gasteiger partial charge in [-0.05, 0) is 56.5 Å². The van der Waals surface area contributed by atoms with Gasteiger partial charge in [0.1, 0.15) is 0 Å². The Balaban J connectivity index is 1.85. The number of rotatable bonds is 6. The van der Waals surface area contributed by atoms with E-state index in [-0.39, 0.29) is 5.91 Å². The highest BCUT2D eigenvalue weighted by Gasteiger charge is 2.18. The lowest BCUT2D eigenvalue weighted by Crippen LogP contribution is -2.30. The van der Waals surface area contributed by atoms with Crippen molar-refractivity contribution in [3.63, 3.8) is 0 Å². The average molecular weight is 339 g/mol. The molecule has 1 atom stereocenters. The van der Waals surface area contributed by atoms with Crippen LogP contribution in [0.4, 0.5) is 0 Å². The smallest absolute Gasteiger partial charge is 0.222 e. The lowest BCUT2D eigenvalue weighted by atomic mass is 10.0. The zero-order chi connectivity index (χ0) is 14.4. The zero-order valence-corrected chi connectivity index (χ0v) is 13.7. The van der Waals surface area contributed by atoms with E-state index >= 15 is 0 Å². The molecule has 0 saturated carbocycles. The first kappa shape index (κ1) is 15.5. The summed E-state index contributed by atoms with van der Waals surface area (Å²) in [5, 5.41) is 3.36. The van der Waals surface area contributed by atoms with E-state index < -0.39 is 0 Å². The van der Waals surface area contributed by atoms with E-state index in [2.05, 4.69) is 33.4 Å². The summed E-state index contributed by atoms with van der Waals surface area (Å²) < 4.78 is 1.07. The van der Waals surface area contributed by atoms with Crippen LogP contribution in [0, 0.1) is 5.92 Å². The van der Waals surface area contributed by atoms with E-state index in [1.807, 2.05) is 24.0 Å². The molecule has 20 heavy (non-hydrogen) atoms. The fraction of sp³-hybridized carbons (Fsp3) is 0.562. The summed E-state index contributed by atoms with van der Waals surface area (Å²) in [5.74, 6) is 0.961. The number of carbonyl (C=O) groups is 1. The minimum atomic E-state index is 0.277. The first-order valence-corrected chi connectivity index (χ1v) is 8.21. The van der Waals surface area contributed by atoms with Gasteiger partial charge < -0.3 is 10.2 Å². The van der Waals surface area contributed by atoms with Crippen LogP contribution >= 0.6 is 15.9 Å². The van der Waals surface area contributed by atoms with E-state index in [1.165, 1.54) is 12.0 Å². The Morgan fingerprint density at radius 2 is 2.35 bits per heavy atom. The van der Waals surface area contributed by atoms with E-state index in [0.29, 0.717) is 18.9 Å². The van der Waals surface area contributed by atoms with Crippen LogP contribution in [0.15, 0.2) is 28.7 Å². The SMILES string of the molecule is CCN(Cc1cccc(Br)c1)C(=O)CCC1CCNC1. The number of nitrogens with zero attached hydrogens (tertiary/aromatic N) is 1. The number of nitrogens with one attached hydrogen (secondary N) is 1. The minimum absolute atomic E-state index is 0.277. The summed E-state index contributed by atoms with van der Waals surface area (Å²) >= 11 is 3.48. The number of halogens is 1. The Kier molecular flexibility index (Phi) is 6.05. The Hall–Kier alpha value is -0.870. The molecule has 1 unspecified atom stereocenters. The van der Waals surface area contributed by atoms with Crippen LogP contribution < -0.4 is 5.32 Å². The minimum Gasteiger partial charge on any atom is -0.339 e. The molecule has 0 aromatic heterocycles. The maximum atomic E-state index is 12.3. The lowest BCUT2D eigenvalue weighted by molar-refractivity contribution is -0.131. The third-order valence-corrected chi connectivity index (χ3v) is 4.42. The van der Waals surface area contributed by atoms with Crippen LogP contribution in [0.2, 0.25) is 0 Å². The molecule has 1 amide bonds. The van der Waals surface area contributed by atoms with Gasteiger partial charge in [0.25, 0.3) is 0 Å². The van der Waals surface area contributed by atoms with Gasteiger partial charge in [-0.2, -0.15) is 0 Å². The predicted molar refractivity (Wildman–Crippen MR) is 85.4 cm³/mol. The van der Waals surface area contributed by atoms with Gasteiger partial charge in [0.15, 0.2) is 0 Å². The zero-order valence-electron chi connectivity index (χ0n) is 12.1. The Bertz CT molecular complexity index is 444. The van der Waals surface area contributed by atoms with Crippen LogP contribution in [0.3, 0.4) is 0 Å². The molecule has 1 N–H and O–H groups in total. The van der Waals surface area contributed by atoms with Gasteiger partial charge in [-0.25, -0.2) is 0 Å². The molecule has 2 rings (SSSR count). The summed E-state index contributed by atoms with van der Waals surface area (Å²) in [6, 6.07) is 8.18. The summed E-state index contributed by atoms with van der Waals surface area (Å²) in [6.45, 7) is 5.71. The summed E-state index contributed by atoms with van der Waals surface area (Å²) in [5.41, 5.74) is 1.18. The molecule has 110 valence electrons. The van der Waals surface area contributed by atoms with Crippen molar-refractivity contribution in [1.29, 1.82) is 0 Å². The highest BCUT2D eigenvalue weighted by atomic mass is 79.9. The van der Waals surface area contributed by atoms with Gasteiger partial charge in [0, 0.05) is 24.0 Å². The van der Waals surface area contributed by atoms with Gasteiger partial charge in [-0.15, -0.1) is 0 Å². The first-order valence-electron chi connectivity index (χ1n) is 7.42. The third-order valence-electron chi connectivity index (χ3n) is 3.93. The predicted octanol–water partition coefficient (Wildman–Crippen LogP) is 3.19. The molecule has 1 aromatic carbocycles. The van der Waals surface area contributed by atoms with Crippen molar-refractivity contribution in [2.45, 2.75) is 32.7 Å².